The molecule has 1 aliphatic rings. The van der Waals surface area contributed by atoms with Gasteiger partial charge in [-0.25, -0.2) is 13.2 Å². The van der Waals surface area contributed by atoms with Crippen LogP contribution >= 0.6 is 0 Å². The summed E-state index contributed by atoms with van der Waals surface area (Å²) < 4.78 is 69.5. The van der Waals surface area contributed by atoms with Gasteiger partial charge in [0.05, 0.1) is 19.8 Å². The standard InChI is InChI=1S/C31H34F4O2/c1-3-4-5-6-7-8-20-9-17-26(37-19-20)25-15-14-23(28(32)30(25)34)21-10-12-22(13-11-21)24-16-18-27(36-2)31(35)29(24)33/h10-16,18,20,26H,3-9,17,19H2,1-2H3. The van der Waals surface area contributed by atoms with Crippen LogP contribution in [0.25, 0.3) is 22.3 Å². The molecule has 2 nitrogen and oxygen atoms in total. The van der Waals surface area contributed by atoms with E-state index in [1.165, 1.54) is 51.3 Å². The quantitative estimate of drug-likeness (QED) is 0.198. The number of unbranched alkanes of at least 4 members (excludes halogenated alkanes) is 4. The summed E-state index contributed by atoms with van der Waals surface area (Å²) in [5.74, 6) is -3.64. The fraction of sp³-hybridized carbons (Fsp3) is 0.419. The van der Waals surface area contributed by atoms with Crippen LogP contribution in [0.2, 0.25) is 0 Å². The predicted molar refractivity (Wildman–Crippen MR) is 138 cm³/mol. The second-order valence-corrected chi connectivity index (χ2v) is 9.82. The first-order valence-electron chi connectivity index (χ1n) is 13.2. The van der Waals surface area contributed by atoms with E-state index in [1.54, 1.807) is 36.4 Å². The molecule has 0 aromatic heterocycles. The lowest BCUT2D eigenvalue weighted by Gasteiger charge is -2.30. The van der Waals surface area contributed by atoms with Gasteiger partial charge >= 0.3 is 0 Å². The Labute approximate surface area is 216 Å². The van der Waals surface area contributed by atoms with Crippen LogP contribution < -0.4 is 4.74 Å². The van der Waals surface area contributed by atoms with Gasteiger partial charge in [-0.3, -0.25) is 0 Å². The third kappa shape index (κ3) is 6.18. The molecule has 0 bridgehead atoms. The number of hydrogen-bond acceptors (Lipinski definition) is 2. The summed E-state index contributed by atoms with van der Waals surface area (Å²) in [6.07, 6.45) is 8.49. The van der Waals surface area contributed by atoms with Crippen molar-refractivity contribution in [2.24, 2.45) is 5.92 Å². The van der Waals surface area contributed by atoms with Gasteiger partial charge in [-0.05, 0) is 48.4 Å². The summed E-state index contributed by atoms with van der Waals surface area (Å²) in [7, 11) is 1.26. The first-order valence-corrected chi connectivity index (χ1v) is 13.2. The molecule has 0 aliphatic carbocycles. The van der Waals surface area contributed by atoms with Crippen molar-refractivity contribution >= 4 is 0 Å². The van der Waals surface area contributed by atoms with Gasteiger partial charge in [-0.2, -0.15) is 4.39 Å². The van der Waals surface area contributed by atoms with Crippen LogP contribution in [-0.2, 0) is 4.74 Å². The fourth-order valence-corrected chi connectivity index (χ4v) is 5.09. The number of ether oxygens (including phenoxy) is 2. The van der Waals surface area contributed by atoms with Crippen molar-refractivity contribution < 1.29 is 27.0 Å². The molecule has 2 unspecified atom stereocenters. The van der Waals surface area contributed by atoms with Crippen LogP contribution in [0.4, 0.5) is 17.6 Å². The molecule has 6 heteroatoms. The smallest absolute Gasteiger partial charge is 0.201 e. The van der Waals surface area contributed by atoms with Gasteiger partial charge < -0.3 is 9.47 Å². The molecule has 0 radical (unpaired) electrons. The van der Waals surface area contributed by atoms with Gasteiger partial charge in [0.2, 0.25) is 5.82 Å². The SMILES string of the molecule is CCCCCCCC1CCC(c2ccc(-c3ccc(-c4ccc(OC)c(F)c4F)cc3)c(F)c2F)OC1. The van der Waals surface area contributed by atoms with Gasteiger partial charge in [-0.1, -0.05) is 75.4 Å². The third-order valence-corrected chi connectivity index (χ3v) is 7.32. The van der Waals surface area contributed by atoms with E-state index >= 15 is 8.78 Å². The van der Waals surface area contributed by atoms with E-state index in [0.29, 0.717) is 30.1 Å². The van der Waals surface area contributed by atoms with Gasteiger partial charge in [0.1, 0.15) is 0 Å². The summed E-state index contributed by atoms with van der Waals surface area (Å²) in [6, 6.07) is 12.2. The second-order valence-electron chi connectivity index (χ2n) is 9.82. The lowest BCUT2D eigenvalue weighted by atomic mass is 9.90. The van der Waals surface area contributed by atoms with E-state index < -0.39 is 29.4 Å². The number of methoxy groups -OCH3 is 1. The molecule has 3 aromatic rings. The van der Waals surface area contributed by atoms with Crippen molar-refractivity contribution in [3.8, 4) is 28.0 Å². The predicted octanol–water partition coefficient (Wildman–Crippen LogP) is 9.41. The minimum atomic E-state index is -1.07. The molecule has 37 heavy (non-hydrogen) atoms. The summed E-state index contributed by atoms with van der Waals surface area (Å²) >= 11 is 0. The normalized spacial score (nSPS) is 17.7. The molecule has 1 fully saturated rings. The van der Waals surface area contributed by atoms with Gasteiger partial charge in [-0.15, -0.1) is 0 Å². The number of benzene rings is 3. The van der Waals surface area contributed by atoms with Gasteiger partial charge in [0.15, 0.2) is 23.2 Å². The molecule has 0 amide bonds. The highest BCUT2D eigenvalue weighted by molar-refractivity contribution is 5.71. The van der Waals surface area contributed by atoms with Crippen molar-refractivity contribution in [2.45, 2.75) is 64.4 Å². The molecular weight excluding hydrogens is 480 g/mol. The monoisotopic (exact) mass is 514 g/mol. The van der Waals surface area contributed by atoms with Crippen LogP contribution in [0.1, 0.15) is 70.0 Å². The average molecular weight is 515 g/mol. The molecule has 1 saturated heterocycles. The molecule has 4 rings (SSSR count). The Kier molecular flexibility index (Phi) is 9.25. The number of rotatable bonds is 10. The zero-order valence-electron chi connectivity index (χ0n) is 21.5. The van der Waals surface area contributed by atoms with Crippen LogP contribution in [-0.4, -0.2) is 13.7 Å². The highest BCUT2D eigenvalue weighted by atomic mass is 19.2. The second kappa shape index (κ2) is 12.6. The van der Waals surface area contributed by atoms with Crippen LogP contribution in [0.3, 0.4) is 0 Å². The molecule has 2 atom stereocenters. The lowest BCUT2D eigenvalue weighted by molar-refractivity contribution is -0.0218. The first-order chi connectivity index (χ1) is 17.9. The summed E-state index contributed by atoms with van der Waals surface area (Å²) in [5.41, 5.74) is 1.26. The van der Waals surface area contributed by atoms with Crippen molar-refractivity contribution in [3.63, 3.8) is 0 Å². The van der Waals surface area contributed by atoms with E-state index in [9.17, 15) is 8.78 Å². The first kappa shape index (κ1) is 27.2. The van der Waals surface area contributed by atoms with E-state index in [-0.39, 0.29) is 22.4 Å². The Morgan fingerprint density at radius 2 is 1.35 bits per heavy atom. The minimum Gasteiger partial charge on any atom is -0.494 e. The summed E-state index contributed by atoms with van der Waals surface area (Å²) in [6.45, 7) is 2.78. The van der Waals surface area contributed by atoms with Crippen molar-refractivity contribution in [3.05, 3.63) is 77.4 Å². The largest absolute Gasteiger partial charge is 0.494 e. The van der Waals surface area contributed by atoms with E-state index in [2.05, 4.69) is 6.92 Å². The van der Waals surface area contributed by atoms with Crippen molar-refractivity contribution in [2.75, 3.05) is 13.7 Å². The van der Waals surface area contributed by atoms with E-state index in [1.807, 2.05) is 0 Å². The molecule has 0 spiro atoms. The Morgan fingerprint density at radius 3 is 1.95 bits per heavy atom. The average Bonchev–Trinajstić information content (AvgIpc) is 2.92. The van der Waals surface area contributed by atoms with Crippen LogP contribution in [0.15, 0.2) is 48.5 Å². The molecule has 0 saturated carbocycles. The highest BCUT2D eigenvalue weighted by Gasteiger charge is 2.27. The van der Waals surface area contributed by atoms with E-state index in [0.717, 1.165) is 12.8 Å². The van der Waals surface area contributed by atoms with Crippen molar-refractivity contribution in [1.29, 1.82) is 0 Å². The van der Waals surface area contributed by atoms with Gasteiger partial charge in [0, 0.05) is 16.7 Å². The van der Waals surface area contributed by atoms with Crippen LogP contribution in [0.5, 0.6) is 5.75 Å². The van der Waals surface area contributed by atoms with Crippen LogP contribution in [0, 0.1) is 29.2 Å². The zero-order valence-corrected chi connectivity index (χ0v) is 21.5. The molecule has 1 aliphatic heterocycles. The molecule has 3 aromatic carbocycles. The third-order valence-electron chi connectivity index (χ3n) is 7.32. The Balaban J connectivity index is 1.43. The Morgan fingerprint density at radius 1 is 0.730 bits per heavy atom. The summed E-state index contributed by atoms with van der Waals surface area (Å²) in [5, 5.41) is 0. The van der Waals surface area contributed by atoms with Crippen molar-refractivity contribution in [1.82, 2.24) is 0 Å². The maximum atomic E-state index is 15.1. The van der Waals surface area contributed by atoms with Gasteiger partial charge in [0.25, 0.3) is 0 Å². The Bertz CT molecular complexity index is 1180. The molecular formula is C31H34F4O2. The molecule has 0 N–H and O–H groups in total. The maximum Gasteiger partial charge on any atom is 0.201 e. The fourth-order valence-electron chi connectivity index (χ4n) is 5.09. The molecule has 198 valence electrons. The number of hydrogen-bond donors (Lipinski definition) is 0. The zero-order chi connectivity index (χ0) is 26.4. The van der Waals surface area contributed by atoms with E-state index in [4.69, 9.17) is 9.47 Å². The Hall–Kier alpha value is -2.86. The summed E-state index contributed by atoms with van der Waals surface area (Å²) in [4.78, 5) is 0. The minimum absolute atomic E-state index is 0.0561. The molecule has 1 heterocycles. The maximum absolute atomic E-state index is 15.1. The lowest BCUT2D eigenvalue weighted by Crippen LogP contribution is -2.21. The number of halogens is 4. The topological polar surface area (TPSA) is 18.5 Å². The highest BCUT2D eigenvalue weighted by Crippen LogP contribution is 2.37.